The summed E-state index contributed by atoms with van der Waals surface area (Å²) in [5.41, 5.74) is 0.887. The van der Waals surface area contributed by atoms with Crippen molar-refractivity contribution in [2.45, 2.75) is 39.3 Å². The van der Waals surface area contributed by atoms with Crippen molar-refractivity contribution in [1.82, 2.24) is 14.7 Å². The fraction of sp³-hybridized carbons (Fsp3) is 0.500. The summed E-state index contributed by atoms with van der Waals surface area (Å²) < 4.78 is 7.07. The maximum absolute atomic E-state index is 9.41. The third-order valence-electron chi connectivity index (χ3n) is 2.56. The predicted octanol–water partition coefficient (Wildman–Crippen LogP) is 1.93. The number of rotatable bonds is 5. The van der Waals surface area contributed by atoms with Crippen molar-refractivity contribution in [3.63, 3.8) is 0 Å². The molecule has 5 heteroatoms. The molecule has 0 amide bonds. The summed E-state index contributed by atoms with van der Waals surface area (Å²) in [5.74, 6) is 1.35. The molecule has 2 aromatic rings. The molecule has 0 radical (unpaired) electrons. The lowest BCUT2D eigenvalue weighted by atomic mass is 10.2. The Morgan fingerprint density at radius 3 is 3.00 bits per heavy atom. The van der Waals surface area contributed by atoms with Crippen molar-refractivity contribution in [3.8, 4) is 0 Å². The number of hydrogen-bond donors (Lipinski definition) is 1. The minimum Gasteiger partial charge on any atom is -0.389 e. The van der Waals surface area contributed by atoms with E-state index in [4.69, 9.17) is 4.52 Å². The minimum absolute atomic E-state index is 0.449. The van der Waals surface area contributed by atoms with Crippen LogP contribution in [-0.4, -0.2) is 19.8 Å². The SMILES string of the molecule is CCCc1noc(Cn2ccc(C(C)O)c2)n1. The molecule has 92 valence electrons. The molecule has 0 spiro atoms. The summed E-state index contributed by atoms with van der Waals surface area (Å²) in [6, 6.07) is 1.88. The van der Waals surface area contributed by atoms with Crippen LogP contribution in [-0.2, 0) is 13.0 Å². The van der Waals surface area contributed by atoms with E-state index in [-0.39, 0.29) is 0 Å². The lowest BCUT2D eigenvalue weighted by Crippen LogP contribution is -1.97. The Kier molecular flexibility index (Phi) is 3.58. The van der Waals surface area contributed by atoms with Crippen molar-refractivity contribution >= 4 is 0 Å². The van der Waals surface area contributed by atoms with Crippen molar-refractivity contribution in [3.05, 3.63) is 35.7 Å². The number of aromatic nitrogens is 3. The smallest absolute Gasteiger partial charge is 0.246 e. The maximum Gasteiger partial charge on any atom is 0.246 e. The standard InChI is InChI=1S/C12H17N3O2/c1-3-4-11-13-12(17-14-11)8-15-6-5-10(7-15)9(2)16/h5-7,9,16H,3-4,8H2,1-2H3. The van der Waals surface area contributed by atoms with Crippen LogP contribution in [0.3, 0.4) is 0 Å². The highest BCUT2D eigenvalue weighted by atomic mass is 16.5. The van der Waals surface area contributed by atoms with E-state index in [9.17, 15) is 5.11 Å². The Balaban J connectivity index is 2.03. The number of hydrogen-bond acceptors (Lipinski definition) is 4. The molecule has 0 aliphatic rings. The Morgan fingerprint density at radius 1 is 1.53 bits per heavy atom. The zero-order valence-electron chi connectivity index (χ0n) is 10.1. The van der Waals surface area contributed by atoms with Crippen LogP contribution in [0.4, 0.5) is 0 Å². The Labute approximate surface area is 100 Å². The molecule has 0 saturated heterocycles. The number of aliphatic hydroxyl groups excluding tert-OH is 1. The summed E-state index contributed by atoms with van der Waals surface area (Å²) in [5, 5.41) is 13.3. The molecule has 0 fully saturated rings. The summed E-state index contributed by atoms with van der Waals surface area (Å²) in [6.07, 6.45) is 5.18. The number of aliphatic hydroxyl groups is 1. The number of aryl methyl sites for hydroxylation is 1. The van der Waals surface area contributed by atoms with Gasteiger partial charge in [0.1, 0.15) is 6.54 Å². The summed E-state index contributed by atoms with van der Waals surface area (Å²) in [4.78, 5) is 4.29. The van der Waals surface area contributed by atoms with Crippen LogP contribution in [0.25, 0.3) is 0 Å². The lowest BCUT2D eigenvalue weighted by molar-refractivity contribution is 0.199. The molecule has 2 aromatic heterocycles. The average Bonchev–Trinajstić information content (AvgIpc) is 2.89. The molecule has 2 heterocycles. The van der Waals surface area contributed by atoms with Gasteiger partial charge in [-0.05, 0) is 25.0 Å². The Bertz CT molecular complexity index is 474. The highest BCUT2D eigenvalue weighted by Gasteiger charge is 2.07. The molecular formula is C12H17N3O2. The summed E-state index contributed by atoms with van der Waals surface area (Å²) >= 11 is 0. The van der Waals surface area contributed by atoms with Crippen LogP contribution in [0.5, 0.6) is 0 Å². The zero-order valence-corrected chi connectivity index (χ0v) is 10.1. The van der Waals surface area contributed by atoms with Crippen molar-refractivity contribution < 1.29 is 9.63 Å². The van der Waals surface area contributed by atoms with Gasteiger partial charge in [0.25, 0.3) is 0 Å². The molecule has 1 N–H and O–H groups in total. The van der Waals surface area contributed by atoms with Crippen LogP contribution in [0, 0.1) is 0 Å². The molecule has 1 unspecified atom stereocenters. The molecule has 2 rings (SSSR count). The molecule has 0 aliphatic heterocycles. The molecule has 17 heavy (non-hydrogen) atoms. The van der Waals surface area contributed by atoms with Gasteiger partial charge in [-0.15, -0.1) is 0 Å². The maximum atomic E-state index is 9.41. The first-order valence-electron chi connectivity index (χ1n) is 5.84. The van der Waals surface area contributed by atoms with Gasteiger partial charge in [0.2, 0.25) is 5.89 Å². The van der Waals surface area contributed by atoms with E-state index in [2.05, 4.69) is 17.1 Å². The van der Waals surface area contributed by atoms with Crippen LogP contribution in [0.15, 0.2) is 23.0 Å². The normalized spacial score (nSPS) is 12.9. The quantitative estimate of drug-likeness (QED) is 0.860. The third kappa shape index (κ3) is 2.94. The van der Waals surface area contributed by atoms with Crippen molar-refractivity contribution in [2.24, 2.45) is 0 Å². The first kappa shape index (κ1) is 11.9. The van der Waals surface area contributed by atoms with E-state index in [1.807, 2.05) is 23.0 Å². The fourth-order valence-electron chi connectivity index (χ4n) is 1.64. The van der Waals surface area contributed by atoms with Crippen LogP contribution in [0.1, 0.15) is 43.7 Å². The van der Waals surface area contributed by atoms with Crippen LogP contribution < -0.4 is 0 Å². The van der Waals surface area contributed by atoms with E-state index in [0.29, 0.717) is 12.4 Å². The molecule has 0 bridgehead atoms. The van der Waals surface area contributed by atoms with E-state index >= 15 is 0 Å². The van der Waals surface area contributed by atoms with E-state index in [0.717, 1.165) is 24.2 Å². The first-order valence-corrected chi connectivity index (χ1v) is 5.84. The van der Waals surface area contributed by atoms with Gasteiger partial charge in [0.15, 0.2) is 5.82 Å². The van der Waals surface area contributed by atoms with Gasteiger partial charge in [0.05, 0.1) is 6.10 Å². The topological polar surface area (TPSA) is 64.1 Å². The monoisotopic (exact) mass is 235 g/mol. The third-order valence-corrected chi connectivity index (χ3v) is 2.56. The lowest BCUT2D eigenvalue weighted by Gasteiger charge is -1.99. The predicted molar refractivity (Wildman–Crippen MR) is 62.5 cm³/mol. The highest BCUT2D eigenvalue weighted by Crippen LogP contribution is 2.13. The second-order valence-corrected chi connectivity index (χ2v) is 4.15. The zero-order chi connectivity index (χ0) is 12.3. The molecule has 0 saturated carbocycles. The Hall–Kier alpha value is -1.62. The van der Waals surface area contributed by atoms with Crippen molar-refractivity contribution in [2.75, 3.05) is 0 Å². The van der Waals surface area contributed by atoms with Gasteiger partial charge in [-0.25, -0.2) is 0 Å². The largest absolute Gasteiger partial charge is 0.389 e. The summed E-state index contributed by atoms with van der Waals surface area (Å²) in [7, 11) is 0. The van der Waals surface area contributed by atoms with Gasteiger partial charge < -0.3 is 14.2 Å². The molecule has 1 atom stereocenters. The van der Waals surface area contributed by atoms with Crippen LogP contribution >= 0.6 is 0 Å². The molecule has 0 aliphatic carbocycles. The van der Waals surface area contributed by atoms with Gasteiger partial charge in [-0.2, -0.15) is 4.98 Å². The first-order chi connectivity index (χ1) is 8.19. The second kappa shape index (κ2) is 5.14. The van der Waals surface area contributed by atoms with Crippen molar-refractivity contribution in [1.29, 1.82) is 0 Å². The van der Waals surface area contributed by atoms with E-state index in [1.165, 1.54) is 0 Å². The molecule has 0 aromatic carbocycles. The average molecular weight is 235 g/mol. The van der Waals surface area contributed by atoms with E-state index < -0.39 is 6.10 Å². The van der Waals surface area contributed by atoms with Gasteiger partial charge in [0, 0.05) is 18.8 Å². The fourth-order valence-corrected chi connectivity index (χ4v) is 1.64. The summed E-state index contributed by atoms with van der Waals surface area (Å²) in [6.45, 7) is 4.37. The highest BCUT2D eigenvalue weighted by molar-refractivity contribution is 5.13. The minimum atomic E-state index is -0.449. The van der Waals surface area contributed by atoms with Crippen LogP contribution in [0.2, 0.25) is 0 Å². The van der Waals surface area contributed by atoms with Gasteiger partial charge >= 0.3 is 0 Å². The molecular weight excluding hydrogens is 218 g/mol. The van der Waals surface area contributed by atoms with Gasteiger partial charge in [-0.3, -0.25) is 0 Å². The van der Waals surface area contributed by atoms with E-state index in [1.54, 1.807) is 6.92 Å². The van der Waals surface area contributed by atoms with Gasteiger partial charge in [-0.1, -0.05) is 12.1 Å². The number of nitrogens with zero attached hydrogens (tertiary/aromatic N) is 3. The Morgan fingerprint density at radius 2 is 2.35 bits per heavy atom. The molecule has 5 nitrogen and oxygen atoms in total. The second-order valence-electron chi connectivity index (χ2n) is 4.15.